The van der Waals surface area contributed by atoms with Gasteiger partial charge in [-0.1, -0.05) is 6.92 Å². The van der Waals surface area contributed by atoms with Gasteiger partial charge in [0.2, 0.25) is 0 Å². The molecular formula is C23H45N5. The maximum Gasteiger partial charge on any atom is 0.0107 e. The van der Waals surface area contributed by atoms with Crippen LogP contribution in [0.25, 0.3) is 0 Å². The molecule has 2 atom stereocenters. The average molecular weight is 392 g/mol. The average Bonchev–Trinajstić information content (AvgIpc) is 2.72. The quantitative estimate of drug-likeness (QED) is 0.718. The lowest BCUT2D eigenvalue weighted by atomic mass is 9.89. The minimum absolute atomic E-state index is 0.866. The summed E-state index contributed by atoms with van der Waals surface area (Å²) in [6.45, 7) is 19.2. The van der Waals surface area contributed by atoms with Crippen LogP contribution in [-0.4, -0.2) is 99.8 Å². The Kier molecular flexibility index (Phi) is 8.06. The zero-order valence-corrected chi connectivity index (χ0v) is 18.4. The summed E-state index contributed by atoms with van der Waals surface area (Å²) in [5.74, 6) is 3.65. The molecule has 5 heteroatoms. The van der Waals surface area contributed by atoms with E-state index in [1.165, 1.54) is 117 Å². The third-order valence-corrected chi connectivity index (χ3v) is 7.83. The fourth-order valence-corrected chi connectivity index (χ4v) is 6.10. The molecule has 0 radical (unpaired) electrons. The summed E-state index contributed by atoms with van der Waals surface area (Å²) >= 11 is 0. The van der Waals surface area contributed by atoms with E-state index in [0.717, 1.165) is 23.7 Å². The second-order valence-electron chi connectivity index (χ2n) is 10.4. The first-order valence-corrected chi connectivity index (χ1v) is 12.3. The Balaban J connectivity index is 1.09. The summed E-state index contributed by atoms with van der Waals surface area (Å²) in [5, 5.41) is 7.10. The van der Waals surface area contributed by atoms with Crippen LogP contribution in [0.3, 0.4) is 0 Å². The van der Waals surface area contributed by atoms with Gasteiger partial charge in [-0.15, -0.1) is 0 Å². The largest absolute Gasteiger partial charge is 0.316 e. The highest BCUT2D eigenvalue weighted by atomic mass is 15.2. The van der Waals surface area contributed by atoms with E-state index in [0.29, 0.717) is 0 Å². The molecule has 2 unspecified atom stereocenters. The zero-order chi connectivity index (χ0) is 19.2. The second kappa shape index (κ2) is 10.7. The van der Waals surface area contributed by atoms with Crippen LogP contribution in [-0.2, 0) is 0 Å². The van der Waals surface area contributed by atoms with Crippen molar-refractivity contribution in [2.45, 2.75) is 39.0 Å². The Labute approximate surface area is 173 Å². The molecule has 4 heterocycles. The van der Waals surface area contributed by atoms with E-state index >= 15 is 0 Å². The first-order chi connectivity index (χ1) is 13.7. The highest BCUT2D eigenvalue weighted by molar-refractivity contribution is 4.82. The van der Waals surface area contributed by atoms with Gasteiger partial charge in [-0.25, -0.2) is 0 Å². The molecule has 0 aromatic rings. The molecule has 0 aromatic heterocycles. The van der Waals surface area contributed by atoms with Gasteiger partial charge in [0.05, 0.1) is 0 Å². The maximum atomic E-state index is 3.63. The van der Waals surface area contributed by atoms with Crippen molar-refractivity contribution in [3.05, 3.63) is 0 Å². The topological polar surface area (TPSA) is 33.8 Å². The van der Waals surface area contributed by atoms with E-state index in [4.69, 9.17) is 0 Å². The summed E-state index contributed by atoms with van der Waals surface area (Å²) in [7, 11) is 0. The molecule has 4 aliphatic rings. The highest BCUT2D eigenvalue weighted by Crippen LogP contribution is 2.25. The summed E-state index contributed by atoms with van der Waals surface area (Å²) in [6.07, 6.45) is 7.13. The van der Waals surface area contributed by atoms with Crippen LogP contribution in [0.2, 0.25) is 0 Å². The minimum atomic E-state index is 0.866. The van der Waals surface area contributed by atoms with Gasteiger partial charge < -0.3 is 25.3 Å². The molecule has 0 amide bonds. The van der Waals surface area contributed by atoms with Crippen molar-refractivity contribution in [3.8, 4) is 0 Å². The van der Waals surface area contributed by atoms with Crippen molar-refractivity contribution in [2.75, 3.05) is 85.1 Å². The lowest BCUT2D eigenvalue weighted by molar-refractivity contribution is 0.0937. The molecule has 4 aliphatic heterocycles. The number of likely N-dealkylation sites (tertiary alicyclic amines) is 2. The van der Waals surface area contributed by atoms with Crippen LogP contribution in [0, 0.1) is 23.7 Å². The van der Waals surface area contributed by atoms with Gasteiger partial charge >= 0.3 is 0 Å². The van der Waals surface area contributed by atoms with Crippen molar-refractivity contribution in [1.82, 2.24) is 25.3 Å². The number of hydrogen-bond donors (Lipinski definition) is 2. The first-order valence-electron chi connectivity index (χ1n) is 12.3. The van der Waals surface area contributed by atoms with Crippen LogP contribution in [0.5, 0.6) is 0 Å². The molecule has 4 fully saturated rings. The number of piperidine rings is 3. The Morgan fingerprint density at radius 2 is 1.11 bits per heavy atom. The van der Waals surface area contributed by atoms with E-state index in [1.54, 1.807) is 0 Å². The predicted octanol–water partition coefficient (Wildman–Crippen LogP) is 1.56. The Morgan fingerprint density at radius 1 is 0.607 bits per heavy atom. The van der Waals surface area contributed by atoms with Gasteiger partial charge in [0, 0.05) is 45.8 Å². The van der Waals surface area contributed by atoms with Gasteiger partial charge in [-0.2, -0.15) is 0 Å². The van der Waals surface area contributed by atoms with Gasteiger partial charge in [-0.05, 0) is 95.0 Å². The van der Waals surface area contributed by atoms with Crippen molar-refractivity contribution < 1.29 is 0 Å². The summed E-state index contributed by atoms with van der Waals surface area (Å²) in [5.41, 5.74) is 0. The molecule has 0 aromatic carbocycles. The van der Waals surface area contributed by atoms with Crippen LogP contribution < -0.4 is 10.6 Å². The zero-order valence-electron chi connectivity index (χ0n) is 18.4. The number of hydrogen-bond acceptors (Lipinski definition) is 5. The predicted molar refractivity (Wildman–Crippen MR) is 118 cm³/mol. The number of piperazine rings is 1. The number of nitrogens with zero attached hydrogens (tertiary/aromatic N) is 3. The SMILES string of the molecule is CC1CNCC(CN2CCC(CN3CCC(CN4CCNCC4)CC3)CC2)C1. The Hall–Kier alpha value is -0.200. The Morgan fingerprint density at radius 3 is 1.64 bits per heavy atom. The molecule has 0 aliphatic carbocycles. The first kappa shape index (κ1) is 21.0. The van der Waals surface area contributed by atoms with Crippen LogP contribution in [0.15, 0.2) is 0 Å². The third-order valence-electron chi connectivity index (χ3n) is 7.83. The minimum Gasteiger partial charge on any atom is -0.316 e. The number of rotatable bonds is 6. The van der Waals surface area contributed by atoms with E-state index in [2.05, 4.69) is 32.3 Å². The maximum absolute atomic E-state index is 3.63. The fraction of sp³-hybridized carbons (Fsp3) is 1.00. The van der Waals surface area contributed by atoms with Crippen molar-refractivity contribution in [1.29, 1.82) is 0 Å². The summed E-state index contributed by atoms with van der Waals surface area (Å²) < 4.78 is 0. The molecule has 2 N–H and O–H groups in total. The molecule has 4 rings (SSSR count). The lowest BCUT2D eigenvalue weighted by Gasteiger charge is -2.40. The number of nitrogens with one attached hydrogen (secondary N) is 2. The van der Waals surface area contributed by atoms with Gasteiger partial charge in [0.15, 0.2) is 0 Å². The van der Waals surface area contributed by atoms with E-state index < -0.39 is 0 Å². The normalized spacial score (nSPS) is 33.3. The molecule has 0 spiro atoms. The van der Waals surface area contributed by atoms with Crippen LogP contribution in [0.4, 0.5) is 0 Å². The van der Waals surface area contributed by atoms with Crippen LogP contribution in [0.1, 0.15) is 39.0 Å². The van der Waals surface area contributed by atoms with Crippen LogP contribution >= 0.6 is 0 Å². The molecule has 162 valence electrons. The lowest BCUT2D eigenvalue weighted by Crippen LogP contribution is -2.47. The van der Waals surface area contributed by atoms with Crippen molar-refractivity contribution in [3.63, 3.8) is 0 Å². The Bertz CT molecular complexity index is 436. The van der Waals surface area contributed by atoms with E-state index in [1.807, 2.05) is 0 Å². The van der Waals surface area contributed by atoms with Gasteiger partial charge in [-0.3, -0.25) is 0 Å². The van der Waals surface area contributed by atoms with Gasteiger partial charge in [0.1, 0.15) is 0 Å². The fourth-order valence-electron chi connectivity index (χ4n) is 6.10. The summed E-state index contributed by atoms with van der Waals surface area (Å²) in [4.78, 5) is 8.25. The summed E-state index contributed by atoms with van der Waals surface area (Å²) in [6, 6.07) is 0. The highest BCUT2D eigenvalue weighted by Gasteiger charge is 2.27. The molecular weight excluding hydrogens is 346 g/mol. The van der Waals surface area contributed by atoms with Crippen molar-refractivity contribution >= 4 is 0 Å². The molecule has 0 saturated carbocycles. The standard InChI is InChI=1S/C23H45N5/c1-20-14-23(16-25-15-20)19-27-10-4-21(5-11-27)17-26-8-2-22(3-9-26)18-28-12-6-24-7-13-28/h20-25H,2-19H2,1H3. The molecule has 5 nitrogen and oxygen atoms in total. The third kappa shape index (κ3) is 6.40. The van der Waals surface area contributed by atoms with E-state index in [9.17, 15) is 0 Å². The smallest absolute Gasteiger partial charge is 0.0107 e. The molecule has 28 heavy (non-hydrogen) atoms. The molecule has 0 bridgehead atoms. The van der Waals surface area contributed by atoms with E-state index in [-0.39, 0.29) is 0 Å². The second-order valence-corrected chi connectivity index (χ2v) is 10.4. The van der Waals surface area contributed by atoms with Gasteiger partial charge in [0.25, 0.3) is 0 Å². The molecule has 4 saturated heterocycles. The van der Waals surface area contributed by atoms with Crippen molar-refractivity contribution in [2.24, 2.45) is 23.7 Å². The monoisotopic (exact) mass is 391 g/mol.